The molecule has 0 bridgehead atoms. The first-order valence-corrected chi connectivity index (χ1v) is 6.68. The summed E-state index contributed by atoms with van der Waals surface area (Å²) in [6, 6.07) is 3.64. The van der Waals surface area contributed by atoms with Crippen molar-refractivity contribution in [3.05, 3.63) is 56.8 Å². The Morgan fingerprint density at radius 3 is 2.57 bits per heavy atom. The standard InChI is InChI=1S/C14H15N5O2/c1-8(2)11-16-10-12(17-11)19(14(21)18-13(10)20)7-9-3-5-15-6-4-9/h3-6,8H,7H2,1-2H3,(H,16,17)(H,18,20,21). The molecule has 0 radical (unpaired) electrons. The van der Waals surface area contributed by atoms with Gasteiger partial charge in [0, 0.05) is 18.3 Å². The first kappa shape index (κ1) is 13.3. The molecule has 3 rings (SSSR count). The lowest BCUT2D eigenvalue weighted by Gasteiger charge is -2.05. The normalized spacial score (nSPS) is 11.4. The third kappa shape index (κ3) is 2.37. The Kier molecular flexibility index (Phi) is 3.17. The minimum absolute atomic E-state index is 0.140. The second-order valence-corrected chi connectivity index (χ2v) is 5.18. The molecule has 0 unspecified atom stereocenters. The summed E-state index contributed by atoms with van der Waals surface area (Å²) < 4.78 is 1.45. The molecule has 0 aliphatic heterocycles. The van der Waals surface area contributed by atoms with Crippen molar-refractivity contribution in [1.29, 1.82) is 0 Å². The SMILES string of the molecule is CC(C)c1nc2c([nH]1)c(=O)[nH]c(=O)n2Cc1ccncc1. The number of pyridine rings is 1. The van der Waals surface area contributed by atoms with Crippen LogP contribution in [0.4, 0.5) is 0 Å². The lowest BCUT2D eigenvalue weighted by atomic mass is 10.2. The number of H-pyrrole nitrogens is 2. The van der Waals surface area contributed by atoms with Crippen LogP contribution in [0, 0.1) is 0 Å². The first-order valence-electron chi connectivity index (χ1n) is 6.68. The van der Waals surface area contributed by atoms with Gasteiger partial charge in [-0.25, -0.2) is 9.78 Å². The minimum Gasteiger partial charge on any atom is -0.336 e. The van der Waals surface area contributed by atoms with E-state index in [1.165, 1.54) is 4.57 Å². The zero-order chi connectivity index (χ0) is 15.0. The fourth-order valence-corrected chi connectivity index (χ4v) is 2.15. The van der Waals surface area contributed by atoms with Crippen molar-refractivity contribution >= 4 is 11.2 Å². The number of imidazole rings is 1. The van der Waals surface area contributed by atoms with Crippen molar-refractivity contribution in [3.8, 4) is 0 Å². The molecule has 0 aromatic carbocycles. The number of hydrogen-bond donors (Lipinski definition) is 2. The summed E-state index contributed by atoms with van der Waals surface area (Å²) in [4.78, 5) is 37.6. The average molecular weight is 285 g/mol. The summed E-state index contributed by atoms with van der Waals surface area (Å²) in [6.45, 7) is 4.27. The van der Waals surface area contributed by atoms with Gasteiger partial charge in [0.15, 0.2) is 5.65 Å². The molecule has 2 N–H and O–H groups in total. The van der Waals surface area contributed by atoms with E-state index in [0.29, 0.717) is 23.5 Å². The summed E-state index contributed by atoms with van der Waals surface area (Å²) >= 11 is 0. The van der Waals surface area contributed by atoms with Gasteiger partial charge in [0.2, 0.25) is 0 Å². The minimum atomic E-state index is -0.467. The van der Waals surface area contributed by atoms with Gasteiger partial charge in [0.05, 0.1) is 6.54 Å². The van der Waals surface area contributed by atoms with Crippen LogP contribution in [0.1, 0.15) is 31.2 Å². The molecular formula is C14H15N5O2. The second kappa shape index (κ2) is 5.01. The Hall–Kier alpha value is -2.70. The molecule has 0 aliphatic carbocycles. The Balaban J connectivity index is 2.22. The zero-order valence-corrected chi connectivity index (χ0v) is 11.8. The highest BCUT2D eigenvalue weighted by Crippen LogP contribution is 2.14. The van der Waals surface area contributed by atoms with Crippen molar-refractivity contribution in [3.63, 3.8) is 0 Å². The molecule has 0 saturated carbocycles. The molecule has 7 nitrogen and oxygen atoms in total. The van der Waals surface area contributed by atoms with Crippen molar-refractivity contribution in [2.45, 2.75) is 26.3 Å². The van der Waals surface area contributed by atoms with E-state index >= 15 is 0 Å². The van der Waals surface area contributed by atoms with Gasteiger partial charge in [-0.2, -0.15) is 0 Å². The molecule has 0 fully saturated rings. The maximum atomic E-state index is 12.1. The van der Waals surface area contributed by atoms with Crippen LogP contribution in [0.2, 0.25) is 0 Å². The number of hydrogen-bond acceptors (Lipinski definition) is 4. The fraction of sp³-hybridized carbons (Fsp3) is 0.286. The van der Waals surface area contributed by atoms with Crippen LogP contribution in [0.5, 0.6) is 0 Å². The molecule has 3 aromatic rings. The highest BCUT2D eigenvalue weighted by molar-refractivity contribution is 5.69. The number of rotatable bonds is 3. The second-order valence-electron chi connectivity index (χ2n) is 5.18. The third-order valence-electron chi connectivity index (χ3n) is 3.29. The summed E-state index contributed by atoms with van der Waals surface area (Å²) in [6.07, 6.45) is 3.32. The molecule has 7 heteroatoms. The zero-order valence-electron chi connectivity index (χ0n) is 11.8. The van der Waals surface area contributed by atoms with Gasteiger partial charge in [-0.1, -0.05) is 13.8 Å². The molecular weight excluding hydrogens is 270 g/mol. The number of nitrogens with zero attached hydrogens (tertiary/aromatic N) is 3. The highest BCUT2D eigenvalue weighted by Gasteiger charge is 2.14. The maximum Gasteiger partial charge on any atom is 0.330 e. The molecule has 0 aliphatic rings. The number of fused-ring (bicyclic) bond motifs is 1. The number of nitrogens with one attached hydrogen (secondary N) is 2. The van der Waals surface area contributed by atoms with Crippen LogP contribution < -0.4 is 11.2 Å². The molecule has 0 spiro atoms. The lowest BCUT2D eigenvalue weighted by molar-refractivity contribution is 0.742. The Morgan fingerprint density at radius 1 is 1.19 bits per heavy atom. The van der Waals surface area contributed by atoms with E-state index in [1.54, 1.807) is 12.4 Å². The molecule has 3 aromatic heterocycles. The van der Waals surface area contributed by atoms with E-state index in [-0.39, 0.29) is 5.92 Å². The average Bonchev–Trinajstić information content (AvgIpc) is 2.90. The van der Waals surface area contributed by atoms with Crippen molar-refractivity contribution in [1.82, 2.24) is 24.5 Å². The number of aromatic nitrogens is 5. The quantitative estimate of drug-likeness (QED) is 0.749. The largest absolute Gasteiger partial charge is 0.336 e. The monoisotopic (exact) mass is 285 g/mol. The van der Waals surface area contributed by atoms with E-state index in [9.17, 15) is 9.59 Å². The Bertz CT molecular complexity index is 889. The third-order valence-corrected chi connectivity index (χ3v) is 3.29. The molecule has 0 atom stereocenters. The predicted molar refractivity (Wildman–Crippen MR) is 78.4 cm³/mol. The highest BCUT2D eigenvalue weighted by atomic mass is 16.2. The van der Waals surface area contributed by atoms with E-state index in [0.717, 1.165) is 5.56 Å². The van der Waals surface area contributed by atoms with Gasteiger partial charge in [0.1, 0.15) is 11.3 Å². The summed E-state index contributed by atoms with van der Waals surface area (Å²) in [5, 5.41) is 0. The van der Waals surface area contributed by atoms with Gasteiger partial charge in [-0.05, 0) is 17.7 Å². The molecule has 0 saturated heterocycles. The topological polar surface area (TPSA) is 96.4 Å². The predicted octanol–water partition coefficient (Wildman–Crippen LogP) is 0.980. The van der Waals surface area contributed by atoms with E-state index in [1.807, 2.05) is 26.0 Å². The summed E-state index contributed by atoms with van der Waals surface area (Å²) in [7, 11) is 0. The summed E-state index contributed by atoms with van der Waals surface area (Å²) in [5.41, 5.74) is 0.706. The van der Waals surface area contributed by atoms with Crippen LogP contribution in [0.25, 0.3) is 11.2 Å². The van der Waals surface area contributed by atoms with Crippen LogP contribution in [0.15, 0.2) is 34.1 Å². The summed E-state index contributed by atoms with van der Waals surface area (Å²) in [5.74, 6) is 0.825. The smallest absolute Gasteiger partial charge is 0.330 e. The van der Waals surface area contributed by atoms with Crippen LogP contribution in [-0.4, -0.2) is 24.5 Å². The maximum absolute atomic E-state index is 12.1. The van der Waals surface area contributed by atoms with E-state index in [4.69, 9.17) is 0 Å². The molecule has 21 heavy (non-hydrogen) atoms. The fourth-order valence-electron chi connectivity index (χ4n) is 2.15. The number of aromatic amines is 2. The Morgan fingerprint density at radius 2 is 1.90 bits per heavy atom. The first-order chi connectivity index (χ1) is 10.1. The van der Waals surface area contributed by atoms with Gasteiger partial charge >= 0.3 is 5.69 Å². The molecule has 0 amide bonds. The van der Waals surface area contributed by atoms with Crippen LogP contribution in [0.3, 0.4) is 0 Å². The van der Waals surface area contributed by atoms with Crippen molar-refractivity contribution in [2.75, 3.05) is 0 Å². The van der Waals surface area contributed by atoms with Crippen molar-refractivity contribution in [2.24, 2.45) is 0 Å². The van der Waals surface area contributed by atoms with Gasteiger partial charge < -0.3 is 4.98 Å². The van der Waals surface area contributed by atoms with E-state index < -0.39 is 11.2 Å². The van der Waals surface area contributed by atoms with Gasteiger partial charge in [-0.15, -0.1) is 0 Å². The van der Waals surface area contributed by atoms with Crippen molar-refractivity contribution < 1.29 is 0 Å². The van der Waals surface area contributed by atoms with Gasteiger partial charge in [-0.3, -0.25) is 19.3 Å². The van der Waals surface area contributed by atoms with Crippen LogP contribution in [-0.2, 0) is 6.54 Å². The van der Waals surface area contributed by atoms with Crippen LogP contribution >= 0.6 is 0 Å². The van der Waals surface area contributed by atoms with Gasteiger partial charge in [0.25, 0.3) is 5.56 Å². The lowest BCUT2D eigenvalue weighted by Crippen LogP contribution is -2.30. The van der Waals surface area contributed by atoms with E-state index in [2.05, 4.69) is 19.9 Å². The molecule has 3 heterocycles. The Labute approximate surface area is 119 Å². The molecule has 108 valence electrons.